The smallest absolute Gasteiger partial charge is 0.416 e. The quantitative estimate of drug-likeness (QED) is 0.422. The molecule has 4 rings (SSSR count). The van der Waals surface area contributed by atoms with Crippen molar-refractivity contribution in [3.63, 3.8) is 0 Å². The van der Waals surface area contributed by atoms with Crippen LogP contribution in [0.2, 0.25) is 5.02 Å². The van der Waals surface area contributed by atoms with Crippen molar-refractivity contribution in [2.24, 2.45) is 0 Å². The summed E-state index contributed by atoms with van der Waals surface area (Å²) in [6, 6.07) is 5.23. The van der Waals surface area contributed by atoms with Gasteiger partial charge in [-0.1, -0.05) is 17.7 Å². The molecule has 0 saturated carbocycles. The summed E-state index contributed by atoms with van der Waals surface area (Å²) in [5, 5.41) is 31.6. The lowest BCUT2D eigenvalue weighted by molar-refractivity contribution is -0.138. The molecule has 12 heteroatoms. The second-order valence-electron chi connectivity index (χ2n) is 8.18. The maximum Gasteiger partial charge on any atom is 0.416 e. The summed E-state index contributed by atoms with van der Waals surface area (Å²) < 4.78 is 44.1. The lowest BCUT2D eigenvalue weighted by Crippen LogP contribution is -2.43. The minimum absolute atomic E-state index is 0.0466. The third-order valence-electron chi connectivity index (χ3n) is 5.67. The van der Waals surface area contributed by atoms with E-state index in [0.29, 0.717) is 47.4 Å². The predicted octanol–water partition coefficient (Wildman–Crippen LogP) is 4.31. The van der Waals surface area contributed by atoms with Gasteiger partial charge in [0.05, 0.1) is 16.3 Å². The van der Waals surface area contributed by atoms with Crippen molar-refractivity contribution in [1.29, 1.82) is 0 Å². The molecular formula is C23H23ClF3N5O3. The molecule has 186 valence electrons. The zero-order chi connectivity index (χ0) is 25.3. The van der Waals surface area contributed by atoms with Crippen LogP contribution in [0.25, 0.3) is 5.57 Å². The van der Waals surface area contributed by atoms with Crippen molar-refractivity contribution in [3.8, 4) is 0 Å². The van der Waals surface area contributed by atoms with Crippen molar-refractivity contribution in [2.75, 3.05) is 18.4 Å². The maximum atomic E-state index is 13.0. The Labute approximate surface area is 204 Å². The minimum Gasteiger partial charge on any atom is -0.422 e. The molecule has 2 unspecified atom stereocenters. The Morgan fingerprint density at radius 3 is 2.51 bits per heavy atom. The number of aromatic nitrogens is 3. The molecule has 3 N–H and O–H groups in total. The Morgan fingerprint density at radius 1 is 1.17 bits per heavy atom. The number of nitrogens with zero attached hydrogens (tertiary/aromatic N) is 4. The van der Waals surface area contributed by atoms with Gasteiger partial charge in [-0.05, 0) is 48.7 Å². The topological polar surface area (TPSA) is 108 Å². The van der Waals surface area contributed by atoms with E-state index in [-0.39, 0.29) is 11.5 Å². The number of aliphatic hydroxyl groups excluding tert-OH is 2. The van der Waals surface area contributed by atoms with Crippen molar-refractivity contribution in [1.82, 2.24) is 20.1 Å². The van der Waals surface area contributed by atoms with E-state index in [0.717, 1.165) is 11.6 Å². The fourth-order valence-corrected chi connectivity index (χ4v) is 4.13. The molecule has 0 amide bonds. The zero-order valence-corrected chi connectivity index (χ0v) is 19.6. The number of rotatable bonds is 6. The summed E-state index contributed by atoms with van der Waals surface area (Å²) in [6.45, 7) is 3.82. The Kier molecular flexibility index (Phi) is 7.13. The average Bonchev–Trinajstić information content (AvgIpc) is 3.24. The highest BCUT2D eigenvalue weighted by atomic mass is 35.5. The second kappa shape index (κ2) is 9.94. The summed E-state index contributed by atoms with van der Waals surface area (Å²) in [5.41, 5.74) is 1.58. The summed E-state index contributed by atoms with van der Waals surface area (Å²) in [5.74, 6) is 0.377. The second-order valence-corrected chi connectivity index (χ2v) is 8.59. The number of aryl methyl sites for hydroxylation is 2. The highest BCUT2D eigenvalue weighted by molar-refractivity contribution is 6.32. The van der Waals surface area contributed by atoms with Crippen LogP contribution in [0.15, 0.2) is 41.0 Å². The van der Waals surface area contributed by atoms with Crippen LogP contribution in [0, 0.1) is 13.8 Å². The summed E-state index contributed by atoms with van der Waals surface area (Å²) in [4.78, 5) is 6.11. The van der Waals surface area contributed by atoms with Gasteiger partial charge in [-0.15, -0.1) is 10.2 Å². The zero-order valence-electron chi connectivity index (χ0n) is 18.8. The number of pyridine rings is 1. The van der Waals surface area contributed by atoms with E-state index in [1.807, 2.05) is 6.08 Å². The molecule has 1 aliphatic heterocycles. The number of halogens is 4. The molecule has 0 radical (unpaired) electrons. The number of nitrogens with one attached hydrogen (secondary N) is 1. The van der Waals surface area contributed by atoms with Gasteiger partial charge < -0.3 is 19.9 Å². The Balaban J connectivity index is 1.41. The van der Waals surface area contributed by atoms with E-state index >= 15 is 0 Å². The van der Waals surface area contributed by atoms with Crippen molar-refractivity contribution in [3.05, 3.63) is 75.7 Å². The number of hydrogen-bond acceptors (Lipinski definition) is 8. The number of anilines is 1. The van der Waals surface area contributed by atoms with Gasteiger partial charge in [-0.3, -0.25) is 9.88 Å². The summed E-state index contributed by atoms with van der Waals surface area (Å²) >= 11 is 6.43. The monoisotopic (exact) mass is 509 g/mol. The van der Waals surface area contributed by atoms with E-state index in [4.69, 9.17) is 16.0 Å². The Hall–Kier alpha value is -2.99. The molecule has 2 aromatic heterocycles. The highest BCUT2D eigenvalue weighted by Crippen LogP contribution is 2.34. The van der Waals surface area contributed by atoms with Crippen LogP contribution in [0.5, 0.6) is 0 Å². The lowest BCUT2D eigenvalue weighted by Gasteiger charge is -2.31. The molecule has 3 aromatic rings. The first-order valence-corrected chi connectivity index (χ1v) is 11.1. The van der Waals surface area contributed by atoms with E-state index in [2.05, 4.69) is 20.5 Å². The summed E-state index contributed by atoms with van der Waals surface area (Å²) in [6.07, 6.45) is -2.78. The first kappa shape index (κ1) is 25.1. The van der Waals surface area contributed by atoms with Gasteiger partial charge in [0.2, 0.25) is 11.8 Å². The molecule has 8 nitrogen and oxygen atoms in total. The van der Waals surface area contributed by atoms with Crippen LogP contribution in [-0.4, -0.2) is 49.7 Å². The molecular weight excluding hydrogens is 487 g/mol. The maximum absolute atomic E-state index is 13.0. The lowest BCUT2D eigenvalue weighted by atomic mass is 10.0. The Bertz CT molecular complexity index is 1250. The molecule has 0 aliphatic carbocycles. The standard InChI is InChI=1S/C23H23ClF3N5O3/c1-12-9-16(3-4-17(12)23(25,26)27)29-22(34)32-7-5-14(6-8-32)19-18(24)10-15(11-28-19)20(33)21-31-30-13(2)35-21/h3-5,9-11,20,22,29,33-34H,6-8H2,1-2H3. The highest BCUT2D eigenvalue weighted by Gasteiger charge is 2.32. The molecule has 0 saturated heterocycles. The largest absolute Gasteiger partial charge is 0.422 e. The van der Waals surface area contributed by atoms with Crippen LogP contribution in [0.4, 0.5) is 18.9 Å². The van der Waals surface area contributed by atoms with Crippen LogP contribution in [0.3, 0.4) is 0 Å². The third kappa shape index (κ3) is 5.64. The number of hydrogen-bond donors (Lipinski definition) is 3. The van der Waals surface area contributed by atoms with Crippen molar-refractivity contribution in [2.45, 2.75) is 38.9 Å². The van der Waals surface area contributed by atoms with Crippen molar-refractivity contribution >= 4 is 22.9 Å². The van der Waals surface area contributed by atoms with Gasteiger partial charge in [0, 0.05) is 37.5 Å². The van der Waals surface area contributed by atoms with E-state index in [9.17, 15) is 23.4 Å². The van der Waals surface area contributed by atoms with Gasteiger partial charge in [0.15, 0.2) is 12.5 Å². The Morgan fingerprint density at radius 2 is 1.94 bits per heavy atom. The molecule has 35 heavy (non-hydrogen) atoms. The van der Waals surface area contributed by atoms with E-state index in [1.165, 1.54) is 25.3 Å². The molecule has 3 heterocycles. The van der Waals surface area contributed by atoms with Gasteiger partial charge >= 0.3 is 6.18 Å². The molecule has 2 atom stereocenters. The fourth-order valence-electron chi connectivity index (χ4n) is 3.84. The number of alkyl halides is 3. The van der Waals surface area contributed by atoms with Crippen LogP contribution >= 0.6 is 11.6 Å². The fraction of sp³-hybridized carbons (Fsp3) is 0.348. The first-order valence-electron chi connectivity index (χ1n) is 10.7. The van der Waals surface area contributed by atoms with Gasteiger partial charge in [0.25, 0.3) is 0 Å². The van der Waals surface area contributed by atoms with Crippen LogP contribution < -0.4 is 5.32 Å². The minimum atomic E-state index is -4.42. The van der Waals surface area contributed by atoms with E-state index in [1.54, 1.807) is 17.9 Å². The predicted molar refractivity (Wildman–Crippen MR) is 122 cm³/mol. The average molecular weight is 510 g/mol. The normalized spacial score (nSPS) is 16.6. The molecule has 0 bridgehead atoms. The van der Waals surface area contributed by atoms with Crippen molar-refractivity contribution < 1.29 is 27.8 Å². The number of benzene rings is 1. The van der Waals surface area contributed by atoms with Gasteiger partial charge in [0.1, 0.15) is 0 Å². The van der Waals surface area contributed by atoms with Gasteiger partial charge in [-0.25, -0.2) is 0 Å². The number of aliphatic hydroxyl groups is 2. The van der Waals surface area contributed by atoms with Crippen LogP contribution in [0.1, 0.15) is 46.7 Å². The summed E-state index contributed by atoms with van der Waals surface area (Å²) in [7, 11) is 0. The molecule has 0 fully saturated rings. The van der Waals surface area contributed by atoms with E-state index < -0.39 is 24.2 Å². The van der Waals surface area contributed by atoms with Gasteiger partial charge in [-0.2, -0.15) is 13.2 Å². The first-order chi connectivity index (χ1) is 16.5. The SMILES string of the molecule is Cc1nnc(C(O)c2cnc(C3=CCN(C(O)Nc4ccc(C(F)(F)F)c(C)c4)CC3)c(Cl)c2)o1. The molecule has 1 aliphatic rings. The molecule has 1 aromatic carbocycles. The molecule has 0 spiro atoms. The third-order valence-corrected chi connectivity index (χ3v) is 5.96. The van der Waals surface area contributed by atoms with Crippen LogP contribution in [-0.2, 0) is 6.18 Å².